The van der Waals surface area contributed by atoms with Gasteiger partial charge in [-0.15, -0.1) is 0 Å². The summed E-state index contributed by atoms with van der Waals surface area (Å²) < 4.78 is 35.0. The number of hydrogen-bond acceptors (Lipinski definition) is 5. The molecule has 0 radical (unpaired) electrons. The molecule has 3 aromatic rings. The van der Waals surface area contributed by atoms with E-state index in [-0.39, 0.29) is 23.4 Å². The van der Waals surface area contributed by atoms with Crippen molar-refractivity contribution in [1.82, 2.24) is 10.2 Å². The number of nitrogens with zero attached hydrogens (tertiary/aromatic N) is 2. The smallest absolute Gasteiger partial charge is 0.264 e. The van der Waals surface area contributed by atoms with Gasteiger partial charge in [0.2, 0.25) is 11.8 Å². The van der Waals surface area contributed by atoms with Gasteiger partial charge in [-0.25, -0.2) is 8.42 Å². The Morgan fingerprint density at radius 3 is 2.21 bits per heavy atom. The van der Waals surface area contributed by atoms with Crippen LogP contribution in [0, 0.1) is 6.92 Å². The standard InChI is InChI=1S/C31H36BrCl2N3O5S/c1-6-21(4)35-31(39)28(7-2)36(18-22-10-14-26(33)27(34)16-22)30(38)19-37(23-11-8-20(3)9-12-23)43(40,41)24-13-15-29(42-5)25(32)17-24/h8-17,21,28H,6-7,18-19H2,1-5H3,(H,35,39). The van der Waals surface area contributed by atoms with Crippen molar-refractivity contribution in [3.8, 4) is 5.75 Å². The van der Waals surface area contributed by atoms with Gasteiger partial charge in [-0.2, -0.15) is 0 Å². The van der Waals surface area contributed by atoms with E-state index < -0.39 is 28.5 Å². The molecule has 0 heterocycles. The molecule has 8 nitrogen and oxygen atoms in total. The highest BCUT2D eigenvalue weighted by atomic mass is 79.9. The summed E-state index contributed by atoms with van der Waals surface area (Å²) in [4.78, 5) is 29.0. The number of anilines is 1. The van der Waals surface area contributed by atoms with E-state index in [0.717, 1.165) is 9.87 Å². The number of carbonyl (C=O) groups excluding carboxylic acids is 2. The largest absolute Gasteiger partial charge is 0.496 e. The molecule has 1 N–H and O–H groups in total. The Bertz CT molecular complexity index is 1550. The second-order valence-electron chi connectivity index (χ2n) is 10.2. The van der Waals surface area contributed by atoms with E-state index in [1.807, 2.05) is 20.8 Å². The topological polar surface area (TPSA) is 96.0 Å². The number of aryl methyl sites for hydroxylation is 1. The maximum atomic E-state index is 14.2. The van der Waals surface area contributed by atoms with E-state index in [0.29, 0.717) is 44.4 Å². The van der Waals surface area contributed by atoms with Gasteiger partial charge in [0.25, 0.3) is 10.0 Å². The normalized spacial score (nSPS) is 12.7. The summed E-state index contributed by atoms with van der Waals surface area (Å²) >= 11 is 15.7. The average Bonchev–Trinajstić information content (AvgIpc) is 2.97. The molecule has 0 aliphatic rings. The Morgan fingerprint density at radius 2 is 1.65 bits per heavy atom. The monoisotopic (exact) mass is 711 g/mol. The van der Waals surface area contributed by atoms with Crippen molar-refractivity contribution in [1.29, 1.82) is 0 Å². The molecule has 0 bridgehead atoms. The lowest BCUT2D eigenvalue weighted by atomic mass is 10.1. The first-order chi connectivity index (χ1) is 20.3. The first kappa shape index (κ1) is 34.7. The number of methoxy groups -OCH3 is 1. The highest BCUT2D eigenvalue weighted by molar-refractivity contribution is 9.10. The van der Waals surface area contributed by atoms with Crippen LogP contribution in [0.4, 0.5) is 5.69 Å². The third-order valence-electron chi connectivity index (χ3n) is 7.04. The highest BCUT2D eigenvalue weighted by Crippen LogP contribution is 2.31. The van der Waals surface area contributed by atoms with E-state index in [2.05, 4.69) is 21.2 Å². The van der Waals surface area contributed by atoms with E-state index in [9.17, 15) is 18.0 Å². The Labute approximate surface area is 272 Å². The number of amides is 2. The molecule has 0 saturated heterocycles. The predicted molar refractivity (Wildman–Crippen MR) is 175 cm³/mol. The van der Waals surface area contributed by atoms with Gasteiger partial charge in [0, 0.05) is 12.6 Å². The van der Waals surface area contributed by atoms with Crippen molar-refractivity contribution in [2.24, 2.45) is 0 Å². The van der Waals surface area contributed by atoms with Crippen LogP contribution in [0.1, 0.15) is 44.7 Å². The molecule has 2 unspecified atom stereocenters. The van der Waals surface area contributed by atoms with Crippen LogP contribution in [0.15, 0.2) is 70.0 Å². The maximum absolute atomic E-state index is 14.2. The number of halogens is 3. The van der Waals surface area contributed by atoms with Crippen molar-refractivity contribution >= 4 is 66.7 Å². The minimum absolute atomic E-state index is 0.0119. The third-order valence-corrected chi connectivity index (χ3v) is 10.2. The maximum Gasteiger partial charge on any atom is 0.264 e. The van der Waals surface area contributed by atoms with Crippen LogP contribution >= 0.6 is 39.1 Å². The van der Waals surface area contributed by atoms with Gasteiger partial charge in [0.1, 0.15) is 18.3 Å². The minimum atomic E-state index is -4.24. The first-order valence-electron chi connectivity index (χ1n) is 13.8. The first-order valence-corrected chi connectivity index (χ1v) is 16.8. The third kappa shape index (κ3) is 8.65. The molecular formula is C31H36BrCl2N3O5S. The summed E-state index contributed by atoms with van der Waals surface area (Å²) in [6.45, 7) is 6.98. The summed E-state index contributed by atoms with van der Waals surface area (Å²) in [6.07, 6.45) is 1.01. The van der Waals surface area contributed by atoms with E-state index in [4.69, 9.17) is 27.9 Å². The van der Waals surface area contributed by atoms with Crippen LogP contribution in [0.3, 0.4) is 0 Å². The molecule has 43 heavy (non-hydrogen) atoms. The quantitative estimate of drug-likeness (QED) is 0.206. The van der Waals surface area contributed by atoms with Crippen LogP contribution in [0.5, 0.6) is 5.75 Å². The molecule has 12 heteroatoms. The lowest BCUT2D eigenvalue weighted by Gasteiger charge is -2.34. The molecule has 232 valence electrons. The van der Waals surface area contributed by atoms with Crippen LogP contribution in [0.25, 0.3) is 0 Å². The number of hydrogen-bond donors (Lipinski definition) is 1. The lowest BCUT2D eigenvalue weighted by Crippen LogP contribution is -2.53. The van der Waals surface area contributed by atoms with Crippen LogP contribution in [-0.4, -0.2) is 50.9 Å². The van der Waals surface area contributed by atoms with Gasteiger partial charge in [-0.05, 0) is 90.6 Å². The fraction of sp³-hybridized carbons (Fsp3) is 0.355. The van der Waals surface area contributed by atoms with Gasteiger partial charge in [-0.1, -0.05) is 60.8 Å². The molecule has 3 rings (SSSR count). The van der Waals surface area contributed by atoms with Gasteiger partial charge in [0.05, 0.1) is 32.2 Å². The van der Waals surface area contributed by atoms with Crippen LogP contribution < -0.4 is 14.4 Å². The molecule has 0 aliphatic carbocycles. The van der Waals surface area contributed by atoms with Gasteiger partial charge in [-0.3, -0.25) is 13.9 Å². The Morgan fingerprint density at radius 1 is 0.977 bits per heavy atom. The number of sulfonamides is 1. The number of nitrogens with one attached hydrogen (secondary N) is 1. The summed E-state index contributed by atoms with van der Waals surface area (Å²) in [5.41, 5.74) is 1.87. The molecule has 0 saturated carbocycles. The van der Waals surface area contributed by atoms with Crippen molar-refractivity contribution in [2.75, 3.05) is 18.0 Å². The predicted octanol–water partition coefficient (Wildman–Crippen LogP) is 6.99. The zero-order valence-corrected chi connectivity index (χ0v) is 28.6. The number of rotatable bonds is 13. The van der Waals surface area contributed by atoms with Crippen molar-refractivity contribution in [2.45, 2.75) is 64.1 Å². The van der Waals surface area contributed by atoms with E-state index >= 15 is 0 Å². The number of benzene rings is 3. The second-order valence-corrected chi connectivity index (χ2v) is 13.7. The Hall–Kier alpha value is -2.79. The minimum Gasteiger partial charge on any atom is -0.496 e. The summed E-state index contributed by atoms with van der Waals surface area (Å²) in [6, 6.07) is 15.2. The molecule has 0 aromatic heterocycles. The van der Waals surface area contributed by atoms with Gasteiger partial charge < -0.3 is 15.0 Å². The van der Waals surface area contributed by atoms with Crippen molar-refractivity contribution < 1.29 is 22.7 Å². The highest BCUT2D eigenvalue weighted by Gasteiger charge is 2.34. The molecule has 0 fully saturated rings. The molecule has 0 aliphatic heterocycles. The summed E-state index contributed by atoms with van der Waals surface area (Å²) in [5.74, 6) is -0.425. The Balaban J connectivity index is 2.09. The molecule has 2 amide bonds. The van der Waals surface area contributed by atoms with Crippen molar-refractivity contribution in [3.05, 3.63) is 86.3 Å². The number of ether oxygens (including phenoxy) is 1. The lowest BCUT2D eigenvalue weighted by molar-refractivity contribution is -0.140. The molecule has 2 atom stereocenters. The van der Waals surface area contributed by atoms with Gasteiger partial charge >= 0.3 is 0 Å². The SMILES string of the molecule is CCC(C)NC(=O)C(CC)N(Cc1ccc(Cl)c(Cl)c1)C(=O)CN(c1ccc(C)cc1)S(=O)(=O)c1ccc(OC)c(Br)c1. The van der Waals surface area contributed by atoms with E-state index in [1.54, 1.807) is 49.4 Å². The molecule has 3 aromatic carbocycles. The summed E-state index contributed by atoms with van der Waals surface area (Å²) in [7, 11) is -2.76. The number of carbonyl (C=O) groups is 2. The Kier molecular flexibility index (Phi) is 12.3. The fourth-order valence-electron chi connectivity index (χ4n) is 4.37. The van der Waals surface area contributed by atoms with Crippen molar-refractivity contribution in [3.63, 3.8) is 0 Å². The zero-order chi connectivity index (χ0) is 31.9. The summed E-state index contributed by atoms with van der Waals surface area (Å²) in [5, 5.41) is 3.61. The fourth-order valence-corrected chi connectivity index (χ4v) is 6.82. The average molecular weight is 714 g/mol. The van der Waals surface area contributed by atoms with Crippen LogP contribution in [-0.2, 0) is 26.2 Å². The second kappa shape index (κ2) is 15.3. The molecule has 0 spiro atoms. The van der Waals surface area contributed by atoms with Gasteiger partial charge in [0.15, 0.2) is 0 Å². The van der Waals surface area contributed by atoms with Crippen LogP contribution in [0.2, 0.25) is 10.0 Å². The zero-order valence-electron chi connectivity index (χ0n) is 24.7. The molecular weight excluding hydrogens is 677 g/mol. The van der Waals surface area contributed by atoms with E-state index in [1.165, 1.54) is 30.2 Å².